The molecule has 0 aliphatic rings. The lowest BCUT2D eigenvalue weighted by Gasteiger charge is -2.17. The number of fused-ring (bicyclic) bond motifs is 1. The first-order valence-corrected chi connectivity index (χ1v) is 6.48. The zero-order valence-electron chi connectivity index (χ0n) is 10.5. The van der Waals surface area contributed by atoms with Crippen LogP contribution in [0.1, 0.15) is 20.3 Å². The number of nitrogens with zero attached hydrogens (tertiary/aromatic N) is 1. The molecule has 1 aromatic carbocycles. The van der Waals surface area contributed by atoms with Gasteiger partial charge in [0.25, 0.3) is 0 Å². The van der Waals surface area contributed by atoms with Gasteiger partial charge in [0.1, 0.15) is 11.6 Å². The Morgan fingerprint density at radius 3 is 2.83 bits per heavy atom. The van der Waals surface area contributed by atoms with Crippen molar-refractivity contribution >= 4 is 28.2 Å². The molecule has 0 aliphatic carbocycles. The summed E-state index contributed by atoms with van der Waals surface area (Å²) in [5.74, 6) is 1.03. The molecule has 3 nitrogen and oxygen atoms in total. The number of hydrogen-bond donors (Lipinski definition) is 2. The van der Waals surface area contributed by atoms with Gasteiger partial charge in [-0.1, -0.05) is 6.07 Å². The van der Waals surface area contributed by atoms with Crippen molar-refractivity contribution in [2.24, 2.45) is 0 Å². The lowest BCUT2D eigenvalue weighted by molar-refractivity contribution is 0.476. The summed E-state index contributed by atoms with van der Waals surface area (Å²) in [4.78, 5) is 4.33. The number of anilines is 1. The number of phenolic OH excluding ortho intramolecular Hbond substituents is 1. The molecule has 4 heteroatoms. The Hall–Kier alpha value is -1.48. The van der Waals surface area contributed by atoms with Crippen molar-refractivity contribution in [1.82, 2.24) is 4.98 Å². The van der Waals surface area contributed by atoms with E-state index >= 15 is 0 Å². The van der Waals surface area contributed by atoms with Crippen LogP contribution in [-0.4, -0.2) is 21.5 Å². The summed E-state index contributed by atoms with van der Waals surface area (Å²) in [6.45, 7) is 4.05. The number of benzene rings is 1. The zero-order chi connectivity index (χ0) is 13.1. The van der Waals surface area contributed by atoms with Crippen LogP contribution >= 0.6 is 11.6 Å². The summed E-state index contributed by atoms with van der Waals surface area (Å²) in [5.41, 5.74) is 0. The number of rotatable bonds is 4. The van der Waals surface area contributed by atoms with Crippen LogP contribution in [0.5, 0.6) is 5.75 Å². The van der Waals surface area contributed by atoms with E-state index in [9.17, 15) is 5.11 Å². The number of aromatic hydroxyl groups is 1. The Morgan fingerprint density at radius 2 is 2.11 bits per heavy atom. The summed E-state index contributed by atoms with van der Waals surface area (Å²) in [7, 11) is 0. The minimum absolute atomic E-state index is 0.121. The van der Waals surface area contributed by atoms with E-state index in [2.05, 4.69) is 17.2 Å². The second-order valence-electron chi connectivity index (χ2n) is 4.63. The van der Waals surface area contributed by atoms with Crippen LogP contribution < -0.4 is 5.32 Å². The van der Waals surface area contributed by atoms with Crippen molar-refractivity contribution < 1.29 is 5.11 Å². The molecule has 0 fully saturated rings. The molecule has 2 aromatic rings. The summed E-state index contributed by atoms with van der Waals surface area (Å²) < 4.78 is 0. The first-order chi connectivity index (χ1) is 8.56. The maximum atomic E-state index is 9.56. The first-order valence-electron chi connectivity index (χ1n) is 6.04. The third-order valence-corrected chi connectivity index (χ3v) is 2.99. The van der Waals surface area contributed by atoms with Crippen LogP contribution in [0.3, 0.4) is 0 Å². The predicted octanol–water partition coefficient (Wildman–Crippen LogP) is 3.76. The van der Waals surface area contributed by atoms with Crippen LogP contribution in [0, 0.1) is 0 Å². The van der Waals surface area contributed by atoms with E-state index in [0.717, 1.165) is 23.0 Å². The van der Waals surface area contributed by atoms with Crippen molar-refractivity contribution in [2.75, 3.05) is 5.32 Å². The lowest BCUT2D eigenvalue weighted by Crippen LogP contribution is -2.19. The third kappa shape index (κ3) is 3.05. The van der Waals surface area contributed by atoms with Crippen molar-refractivity contribution in [1.29, 1.82) is 0 Å². The second kappa shape index (κ2) is 5.44. The molecule has 0 saturated heterocycles. The average molecular weight is 265 g/mol. The average Bonchev–Trinajstić information content (AvgIpc) is 2.28. The Balaban J connectivity index is 2.30. The van der Waals surface area contributed by atoms with E-state index < -0.39 is 0 Å². The van der Waals surface area contributed by atoms with E-state index in [1.54, 1.807) is 18.3 Å². The highest BCUT2D eigenvalue weighted by atomic mass is 35.5. The molecule has 18 heavy (non-hydrogen) atoms. The van der Waals surface area contributed by atoms with Crippen molar-refractivity contribution in [3.8, 4) is 5.75 Å². The van der Waals surface area contributed by atoms with Gasteiger partial charge in [0, 0.05) is 23.0 Å². The monoisotopic (exact) mass is 264 g/mol. The second-order valence-corrected chi connectivity index (χ2v) is 5.37. The van der Waals surface area contributed by atoms with Crippen LogP contribution in [0.4, 0.5) is 5.82 Å². The molecule has 2 unspecified atom stereocenters. The number of alkyl halides is 1. The summed E-state index contributed by atoms with van der Waals surface area (Å²) in [6, 6.07) is 7.44. The van der Waals surface area contributed by atoms with E-state index in [0.29, 0.717) is 0 Å². The summed E-state index contributed by atoms with van der Waals surface area (Å²) in [5, 5.41) is 15.0. The maximum Gasteiger partial charge on any atom is 0.134 e. The standard InChI is InChI=1S/C14H17ClN2O/c1-9(15)7-10(2)17-14-13-8-12(18)4-3-11(13)5-6-16-14/h3-6,8-10,18H,7H2,1-2H3,(H,16,17). The molecule has 2 atom stereocenters. The van der Waals surface area contributed by atoms with Crippen LogP contribution in [-0.2, 0) is 0 Å². The largest absolute Gasteiger partial charge is 0.508 e. The number of hydrogen-bond acceptors (Lipinski definition) is 3. The normalized spacial score (nSPS) is 14.4. The van der Waals surface area contributed by atoms with Crippen molar-refractivity contribution in [3.05, 3.63) is 30.5 Å². The van der Waals surface area contributed by atoms with E-state index in [4.69, 9.17) is 11.6 Å². The highest BCUT2D eigenvalue weighted by Crippen LogP contribution is 2.26. The summed E-state index contributed by atoms with van der Waals surface area (Å²) in [6.07, 6.45) is 2.62. The van der Waals surface area contributed by atoms with Crippen molar-refractivity contribution in [3.63, 3.8) is 0 Å². The number of halogens is 1. The van der Waals surface area contributed by atoms with Gasteiger partial charge in [-0.3, -0.25) is 0 Å². The highest BCUT2D eigenvalue weighted by Gasteiger charge is 2.09. The lowest BCUT2D eigenvalue weighted by atomic mass is 10.1. The molecule has 0 aliphatic heterocycles. The van der Waals surface area contributed by atoms with Crippen molar-refractivity contribution in [2.45, 2.75) is 31.7 Å². The molecule has 0 amide bonds. The minimum atomic E-state index is 0.121. The van der Waals surface area contributed by atoms with Crippen LogP contribution in [0.25, 0.3) is 10.8 Å². The van der Waals surface area contributed by atoms with Gasteiger partial charge >= 0.3 is 0 Å². The third-order valence-electron chi connectivity index (χ3n) is 2.81. The minimum Gasteiger partial charge on any atom is -0.508 e. The Bertz CT molecular complexity index is 542. The van der Waals surface area contributed by atoms with Gasteiger partial charge in [-0.15, -0.1) is 11.6 Å². The van der Waals surface area contributed by atoms with E-state index in [-0.39, 0.29) is 17.2 Å². The quantitative estimate of drug-likeness (QED) is 0.827. The SMILES string of the molecule is CC(Cl)CC(C)Nc1nccc2ccc(O)cc12. The molecule has 2 rings (SSSR count). The molecule has 0 spiro atoms. The molecule has 1 heterocycles. The fraction of sp³-hybridized carbons (Fsp3) is 0.357. The van der Waals surface area contributed by atoms with Gasteiger partial charge in [-0.05, 0) is 43.9 Å². The Labute approximate surface area is 112 Å². The number of pyridine rings is 1. The predicted molar refractivity (Wildman–Crippen MR) is 76.4 cm³/mol. The molecular formula is C14H17ClN2O. The van der Waals surface area contributed by atoms with E-state index in [1.165, 1.54) is 0 Å². The number of aromatic nitrogens is 1. The van der Waals surface area contributed by atoms with Gasteiger partial charge in [0.2, 0.25) is 0 Å². The molecule has 1 aromatic heterocycles. The van der Waals surface area contributed by atoms with Gasteiger partial charge in [0.05, 0.1) is 0 Å². The fourth-order valence-corrected chi connectivity index (χ4v) is 2.32. The fourth-order valence-electron chi connectivity index (χ4n) is 2.05. The topological polar surface area (TPSA) is 45.2 Å². The summed E-state index contributed by atoms with van der Waals surface area (Å²) >= 11 is 5.98. The Morgan fingerprint density at radius 1 is 1.33 bits per heavy atom. The molecule has 2 N–H and O–H groups in total. The molecular weight excluding hydrogens is 248 g/mol. The zero-order valence-corrected chi connectivity index (χ0v) is 11.3. The number of nitrogens with one attached hydrogen (secondary N) is 1. The number of phenols is 1. The van der Waals surface area contributed by atoms with Gasteiger partial charge in [-0.25, -0.2) is 4.98 Å². The molecule has 0 saturated carbocycles. The van der Waals surface area contributed by atoms with Crippen LogP contribution in [0.2, 0.25) is 0 Å². The van der Waals surface area contributed by atoms with E-state index in [1.807, 2.05) is 19.1 Å². The molecule has 0 radical (unpaired) electrons. The maximum absolute atomic E-state index is 9.56. The van der Waals surface area contributed by atoms with Gasteiger partial charge in [0.15, 0.2) is 0 Å². The van der Waals surface area contributed by atoms with Gasteiger partial charge < -0.3 is 10.4 Å². The van der Waals surface area contributed by atoms with Gasteiger partial charge in [-0.2, -0.15) is 0 Å². The first kappa shape index (κ1) is 13.0. The smallest absolute Gasteiger partial charge is 0.134 e. The molecule has 96 valence electrons. The molecule has 0 bridgehead atoms. The Kier molecular flexibility index (Phi) is 3.92. The van der Waals surface area contributed by atoms with Crippen LogP contribution in [0.15, 0.2) is 30.5 Å². The highest BCUT2D eigenvalue weighted by molar-refractivity contribution is 6.20.